The van der Waals surface area contributed by atoms with Crippen LogP contribution in [0.5, 0.6) is 0 Å². The monoisotopic (exact) mass is 334 g/mol. The van der Waals surface area contributed by atoms with Gasteiger partial charge in [-0.05, 0) is 24.3 Å². The van der Waals surface area contributed by atoms with E-state index in [1.54, 1.807) is 24.3 Å². The van der Waals surface area contributed by atoms with Crippen LogP contribution in [-0.4, -0.2) is 55.5 Å². The van der Waals surface area contributed by atoms with Crippen molar-refractivity contribution in [2.24, 2.45) is 0 Å². The minimum Gasteiger partial charge on any atom is -0.460 e. The molecule has 2 aromatic rings. The molecule has 130 valence electrons. The van der Waals surface area contributed by atoms with Gasteiger partial charge in [-0.25, -0.2) is 4.39 Å². The quantitative estimate of drug-likeness (QED) is 0.810. The molecule has 1 aromatic heterocycles. The van der Waals surface area contributed by atoms with Gasteiger partial charge in [0.15, 0.2) is 0 Å². The normalized spacial score (nSPS) is 17.1. The van der Waals surface area contributed by atoms with Gasteiger partial charge < -0.3 is 19.6 Å². The summed E-state index contributed by atoms with van der Waals surface area (Å²) in [5.74, 6) is 0.929. The molecule has 0 unspecified atom stereocenters. The first-order chi connectivity index (χ1) is 11.7. The van der Waals surface area contributed by atoms with Crippen molar-refractivity contribution in [1.29, 1.82) is 0 Å². The molecule has 0 aliphatic carbocycles. The van der Waals surface area contributed by atoms with Crippen LogP contribution in [0, 0.1) is 5.82 Å². The lowest BCUT2D eigenvalue weighted by molar-refractivity contribution is 0.0148. The van der Waals surface area contributed by atoms with Crippen LogP contribution in [0.2, 0.25) is 0 Å². The first kappa shape index (κ1) is 17.1. The molecule has 0 spiro atoms. The van der Waals surface area contributed by atoms with Crippen molar-refractivity contribution in [3.8, 4) is 11.3 Å². The summed E-state index contributed by atoms with van der Waals surface area (Å²) in [5, 5.41) is 13.2. The Morgan fingerprint density at radius 3 is 2.75 bits per heavy atom. The summed E-state index contributed by atoms with van der Waals surface area (Å²) in [6.07, 6.45) is -0.441. The van der Waals surface area contributed by atoms with Crippen molar-refractivity contribution in [2.45, 2.75) is 12.6 Å². The average molecular weight is 334 g/mol. The first-order valence-electron chi connectivity index (χ1n) is 8.25. The lowest BCUT2D eigenvalue weighted by atomic mass is 10.1. The molecule has 5 nitrogen and oxygen atoms in total. The smallest absolute Gasteiger partial charge is 0.137 e. The Balaban J connectivity index is 1.45. The SMILES string of the molecule is O[C@@H](CNCc1ccc(-c2ccccc2F)o1)CN1CCOCC1. The number of aliphatic hydroxyl groups excluding tert-OH is 1. The molecule has 3 rings (SSSR count). The largest absolute Gasteiger partial charge is 0.460 e. The Bertz CT molecular complexity index is 641. The summed E-state index contributed by atoms with van der Waals surface area (Å²) in [4.78, 5) is 2.19. The van der Waals surface area contributed by atoms with E-state index in [-0.39, 0.29) is 5.82 Å². The lowest BCUT2D eigenvalue weighted by Gasteiger charge is -2.28. The van der Waals surface area contributed by atoms with Crippen LogP contribution < -0.4 is 5.32 Å². The Morgan fingerprint density at radius 2 is 1.96 bits per heavy atom. The van der Waals surface area contributed by atoms with Crippen LogP contribution >= 0.6 is 0 Å². The highest BCUT2D eigenvalue weighted by molar-refractivity contribution is 5.58. The third kappa shape index (κ3) is 4.64. The number of benzene rings is 1. The molecule has 6 heteroatoms. The number of halogens is 1. The van der Waals surface area contributed by atoms with Crippen LogP contribution in [0.1, 0.15) is 5.76 Å². The highest BCUT2D eigenvalue weighted by Gasteiger charge is 2.15. The average Bonchev–Trinajstić information content (AvgIpc) is 3.05. The van der Waals surface area contributed by atoms with Crippen LogP contribution in [0.15, 0.2) is 40.8 Å². The molecule has 1 aliphatic heterocycles. The number of ether oxygens (including phenoxy) is 1. The number of nitrogens with one attached hydrogen (secondary N) is 1. The van der Waals surface area contributed by atoms with Crippen LogP contribution in [0.4, 0.5) is 4.39 Å². The Kier molecular flexibility index (Phi) is 5.98. The second kappa shape index (κ2) is 8.39. The van der Waals surface area contributed by atoms with Crippen molar-refractivity contribution in [2.75, 3.05) is 39.4 Å². The van der Waals surface area contributed by atoms with Gasteiger partial charge in [-0.1, -0.05) is 12.1 Å². The highest BCUT2D eigenvalue weighted by Crippen LogP contribution is 2.24. The Morgan fingerprint density at radius 1 is 1.17 bits per heavy atom. The molecular weight excluding hydrogens is 311 g/mol. The number of nitrogens with zero attached hydrogens (tertiary/aromatic N) is 1. The first-order valence-corrected chi connectivity index (χ1v) is 8.25. The van der Waals surface area contributed by atoms with Crippen LogP contribution in [-0.2, 0) is 11.3 Å². The van der Waals surface area contributed by atoms with E-state index in [2.05, 4.69) is 10.2 Å². The van der Waals surface area contributed by atoms with E-state index in [1.165, 1.54) is 6.07 Å². The summed E-state index contributed by atoms with van der Waals surface area (Å²) in [6, 6.07) is 10.1. The second-order valence-corrected chi connectivity index (χ2v) is 5.94. The molecule has 1 fully saturated rings. The molecule has 1 aromatic carbocycles. The van der Waals surface area contributed by atoms with E-state index in [0.29, 0.717) is 36.7 Å². The van der Waals surface area contributed by atoms with Gasteiger partial charge in [-0.3, -0.25) is 4.90 Å². The summed E-state index contributed by atoms with van der Waals surface area (Å²) in [6.45, 7) is 4.79. The van der Waals surface area contributed by atoms with E-state index < -0.39 is 6.10 Å². The molecule has 2 heterocycles. The lowest BCUT2D eigenvalue weighted by Crippen LogP contribution is -2.43. The molecule has 0 bridgehead atoms. The Hall–Kier alpha value is -1.73. The van der Waals surface area contributed by atoms with E-state index in [4.69, 9.17) is 9.15 Å². The zero-order chi connectivity index (χ0) is 16.8. The van der Waals surface area contributed by atoms with Crippen LogP contribution in [0.3, 0.4) is 0 Å². The van der Waals surface area contributed by atoms with Gasteiger partial charge in [0.25, 0.3) is 0 Å². The van der Waals surface area contributed by atoms with Gasteiger partial charge in [0.2, 0.25) is 0 Å². The maximum absolute atomic E-state index is 13.7. The van der Waals surface area contributed by atoms with Gasteiger partial charge in [0, 0.05) is 26.2 Å². The fraction of sp³-hybridized carbons (Fsp3) is 0.444. The number of hydrogen-bond donors (Lipinski definition) is 2. The molecule has 2 N–H and O–H groups in total. The van der Waals surface area contributed by atoms with E-state index in [0.717, 1.165) is 26.3 Å². The minimum absolute atomic E-state index is 0.299. The second-order valence-electron chi connectivity index (χ2n) is 5.94. The number of β-amino-alcohol motifs (C(OH)–C–C–N with tert-alkyl or cyclic N) is 1. The van der Waals surface area contributed by atoms with Crippen molar-refractivity contribution in [3.05, 3.63) is 48.0 Å². The van der Waals surface area contributed by atoms with Crippen molar-refractivity contribution < 1.29 is 18.7 Å². The molecular formula is C18H23FN2O3. The number of hydrogen-bond acceptors (Lipinski definition) is 5. The molecule has 1 atom stereocenters. The van der Waals surface area contributed by atoms with E-state index >= 15 is 0 Å². The number of aliphatic hydroxyl groups is 1. The highest BCUT2D eigenvalue weighted by atomic mass is 19.1. The summed E-state index contributed by atoms with van der Waals surface area (Å²) >= 11 is 0. The Labute approximate surface area is 141 Å². The summed E-state index contributed by atoms with van der Waals surface area (Å²) < 4.78 is 24.7. The predicted octanol–water partition coefficient (Wildman–Crippen LogP) is 1.87. The number of furan rings is 1. The fourth-order valence-corrected chi connectivity index (χ4v) is 2.79. The van der Waals surface area contributed by atoms with Gasteiger partial charge >= 0.3 is 0 Å². The molecule has 1 aliphatic rings. The maximum atomic E-state index is 13.7. The topological polar surface area (TPSA) is 57.9 Å². The molecule has 0 saturated carbocycles. The fourth-order valence-electron chi connectivity index (χ4n) is 2.79. The summed E-state index contributed by atoms with van der Waals surface area (Å²) in [7, 11) is 0. The van der Waals surface area contributed by atoms with Gasteiger partial charge in [0.05, 0.1) is 31.4 Å². The minimum atomic E-state index is -0.441. The van der Waals surface area contributed by atoms with Gasteiger partial charge in [-0.2, -0.15) is 0 Å². The van der Waals surface area contributed by atoms with Crippen molar-refractivity contribution in [1.82, 2.24) is 10.2 Å². The van der Waals surface area contributed by atoms with Crippen LogP contribution in [0.25, 0.3) is 11.3 Å². The van der Waals surface area contributed by atoms with Gasteiger partial charge in [-0.15, -0.1) is 0 Å². The van der Waals surface area contributed by atoms with Crippen molar-refractivity contribution in [3.63, 3.8) is 0 Å². The zero-order valence-corrected chi connectivity index (χ0v) is 13.6. The number of rotatable bonds is 7. The third-order valence-corrected chi connectivity index (χ3v) is 4.05. The molecule has 0 radical (unpaired) electrons. The summed E-state index contributed by atoms with van der Waals surface area (Å²) in [5.41, 5.74) is 0.455. The molecule has 0 amide bonds. The standard InChI is InChI=1S/C18H23FN2O3/c19-17-4-2-1-3-16(17)18-6-5-15(24-18)12-20-11-14(22)13-21-7-9-23-10-8-21/h1-6,14,20,22H,7-13H2/t14-/m0/s1. The van der Waals surface area contributed by atoms with E-state index in [1.807, 2.05) is 6.07 Å². The number of morpholine rings is 1. The maximum Gasteiger partial charge on any atom is 0.137 e. The third-order valence-electron chi connectivity index (χ3n) is 4.05. The van der Waals surface area contributed by atoms with Crippen molar-refractivity contribution >= 4 is 0 Å². The van der Waals surface area contributed by atoms with E-state index in [9.17, 15) is 9.50 Å². The molecule has 1 saturated heterocycles. The molecule has 24 heavy (non-hydrogen) atoms. The van der Waals surface area contributed by atoms with Gasteiger partial charge in [0.1, 0.15) is 17.3 Å². The zero-order valence-electron chi connectivity index (χ0n) is 13.6. The predicted molar refractivity (Wildman–Crippen MR) is 89.1 cm³/mol.